The van der Waals surface area contributed by atoms with Crippen molar-refractivity contribution < 1.29 is 4.92 Å². The minimum atomic E-state index is -0.500. The van der Waals surface area contributed by atoms with Crippen LogP contribution in [0.15, 0.2) is 24.3 Å². The van der Waals surface area contributed by atoms with E-state index in [1.165, 1.54) is 18.2 Å². The van der Waals surface area contributed by atoms with E-state index < -0.39 is 4.92 Å². The highest BCUT2D eigenvalue weighted by Crippen LogP contribution is 2.25. The van der Waals surface area contributed by atoms with Crippen LogP contribution >= 0.6 is 23.2 Å². The van der Waals surface area contributed by atoms with Crippen molar-refractivity contribution in [3.8, 4) is 0 Å². The van der Waals surface area contributed by atoms with Gasteiger partial charge in [0.15, 0.2) is 0 Å². The van der Waals surface area contributed by atoms with Crippen LogP contribution in [0, 0.1) is 15.0 Å². The molecule has 1 aromatic carbocycles. The van der Waals surface area contributed by atoms with Crippen molar-refractivity contribution in [2.45, 2.75) is 0 Å². The lowest BCUT2D eigenvalue weighted by molar-refractivity contribution is -0.384. The molecule has 0 heterocycles. The van der Waals surface area contributed by atoms with Crippen molar-refractivity contribution in [3.05, 3.63) is 44.8 Å². The number of hydrogen-bond acceptors (Lipinski definition) is 2. The first-order valence-electron chi connectivity index (χ1n) is 3.04. The number of nitro benzene ring substituents is 1. The molecule has 3 nitrogen and oxygen atoms in total. The monoisotopic (exact) mass is 204 g/mol. The molecule has 0 saturated carbocycles. The number of nitrogens with zero attached hydrogens (tertiary/aromatic N) is 1. The topological polar surface area (TPSA) is 43.1 Å². The van der Waals surface area contributed by atoms with Gasteiger partial charge >= 0.3 is 0 Å². The Balaban J connectivity index is 3.04. The van der Waals surface area contributed by atoms with E-state index in [1.54, 1.807) is 6.07 Å². The van der Waals surface area contributed by atoms with Gasteiger partial charge in [0.2, 0.25) is 5.69 Å². The van der Waals surface area contributed by atoms with Crippen molar-refractivity contribution in [1.82, 2.24) is 0 Å². The summed E-state index contributed by atoms with van der Waals surface area (Å²) in [6.07, 6.45) is 0. The summed E-state index contributed by atoms with van der Waals surface area (Å²) in [5, 5.41) is 10.3. The fourth-order valence-electron chi connectivity index (χ4n) is 0.737. The summed E-state index contributed by atoms with van der Waals surface area (Å²) in [6.45, 7) is 0. The zero-order valence-corrected chi connectivity index (χ0v) is 7.34. The van der Waals surface area contributed by atoms with Gasteiger partial charge in [-0.2, -0.15) is 34.8 Å². The molecule has 0 radical (unpaired) electrons. The molecule has 0 aliphatic carbocycles. The number of hydrogen-bond donors (Lipinski definition) is 0. The molecule has 1 rings (SSSR count). The Morgan fingerprint density at radius 3 is 2.58 bits per heavy atom. The maximum Gasteiger partial charge on any atom is 0.216 e. The summed E-state index contributed by atoms with van der Waals surface area (Å²) in [4.78, 5) is 9.81. The smallest absolute Gasteiger partial charge is 0.216 e. The average Bonchev–Trinajstić information content (AvgIpc) is 2.04. The molecule has 0 saturated heterocycles. The van der Waals surface area contributed by atoms with E-state index in [4.69, 9.17) is 23.2 Å². The van der Waals surface area contributed by atoms with Gasteiger partial charge in [-0.1, -0.05) is 6.07 Å². The Bertz CT molecular complexity index is 301. The predicted octanol–water partition coefficient (Wildman–Crippen LogP) is 2.91. The number of halogens is 2. The third-order valence-corrected chi connectivity index (χ3v) is 1.71. The van der Waals surface area contributed by atoms with Gasteiger partial charge in [0, 0.05) is 9.76 Å². The number of non-ortho nitro benzene ring substituents is 1. The van der Waals surface area contributed by atoms with Crippen LogP contribution in [0.4, 0.5) is 5.69 Å². The molecule has 64 valence electrons. The largest absolute Gasteiger partial charge is 0.259 e. The normalized spacial score (nSPS) is 9.50. The third-order valence-electron chi connectivity index (χ3n) is 1.28. The highest BCUT2D eigenvalue weighted by Gasteiger charge is 2.01. The zero-order valence-electron chi connectivity index (χ0n) is 5.83. The summed E-state index contributed by atoms with van der Waals surface area (Å²) in [5.41, 5.74) is 0.429. The fraction of sp³-hybridized carbons (Fsp3) is 0. The lowest BCUT2D eigenvalue weighted by Crippen LogP contribution is -1.89. The second-order valence-corrected chi connectivity index (χ2v) is 3.02. The summed E-state index contributed by atoms with van der Waals surface area (Å²) in [6, 6.07) is 5.82. The lowest BCUT2D eigenvalue weighted by atomic mass is 10.2. The van der Waals surface area contributed by atoms with Gasteiger partial charge in [0.25, 0.3) is 0 Å². The maximum atomic E-state index is 10.3. The van der Waals surface area contributed by atoms with Gasteiger partial charge in [0.05, 0.1) is 0 Å². The van der Waals surface area contributed by atoms with E-state index >= 15 is 0 Å². The van der Waals surface area contributed by atoms with Crippen molar-refractivity contribution in [2.75, 3.05) is 0 Å². The molecule has 0 N–H and O–H groups in total. The molecule has 12 heavy (non-hydrogen) atoms. The van der Waals surface area contributed by atoms with E-state index in [0.29, 0.717) is 5.56 Å². The van der Waals surface area contributed by atoms with Crippen LogP contribution in [0.1, 0.15) is 5.56 Å². The Morgan fingerprint density at radius 2 is 2.08 bits per heavy atom. The first-order chi connectivity index (χ1) is 5.61. The Hall–Kier alpha value is -0.930. The molecule has 0 aromatic heterocycles. The first-order valence-corrected chi connectivity index (χ1v) is 3.79. The molecule has 0 amide bonds. The molecule has 5 heteroatoms. The second-order valence-electron chi connectivity index (χ2n) is 2.07. The number of benzene rings is 1. The molecule has 0 bridgehead atoms. The van der Waals surface area contributed by atoms with Crippen LogP contribution in [-0.4, -0.2) is 4.92 Å². The summed E-state index contributed by atoms with van der Waals surface area (Å²) < 4.78 is 0. The van der Waals surface area contributed by atoms with Crippen molar-refractivity contribution in [2.24, 2.45) is 0 Å². The first kappa shape index (κ1) is 9.16. The van der Waals surface area contributed by atoms with Crippen LogP contribution in [-0.2, 0) is 0 Å². The molecule has 0 aliphatic heterocycles. The van der Waals surface area contributed by atoms with Crippen molar-refractivity contribution >= 4 is 28.9 Å². The van der Waals surface area contributed by atoms with Gasteiger partial charge in [0.1, 0.15) is 0 Å². The lowest BCUT2D eigenvalue weighted by Gasteiger charge is -2.09. The molecule has 0 aliphatic rings. The van der Waals surface area contributed by atoms with Crippen molar-refractivity contribution in [1.29, 1.82) is 0 Å². The van der Waals surface area contributed by atoms with Gasteiger partial charge in [-0.25, -0.2) is 0 Å². The van der Waals surface area contributed by atoms with Gasteiger partial charge in [-0.05, 0) is 6.07 Å². The van der Waals surface area contributed by atoms with Gasteiger partial charge < -0.3 is 0 Å². The van der Waals surface area contributed by atoms with Crippen LogP contribution in [0.2, 0.25) is 0 Å². The minimum Gasteiger partial charge on any atom is -0.259 e. The van der Waals surface area contributed by atoms with Crippen molar-refractivity contribution in [3.63, 3.8) is 0 Å². The summed E-state index contributed by atoms with van der Waals surface area (Å²) in [7, 11) is 0. The highest BCUT2D eigenvalue weighted by molar-refractivity contribution is 6.54. The molecule has 0 fully saturated rings. The molecular weight excluding hydrogens is 201 g/mol. The molecule has 0 atom stereocenters. The summed E-state index contributed by atoms with van der Waals surface area (Å²) in [5.74, 6) is 0. The van der Waals surface area contributed by atoms with E-state index in [0.717, 1.165) is 0 Å². The van der Waals surface area contributed by atoms with E-state index in [2.05, 4.69) is 0 Å². The predicted molar refractivity (Wildman–Crippen MR) is 47.1 cm³/mol. The summed E-state index contributed by atoms with van der Waals surface area (Å²) >= 11 is 10.9. The van der Waals surface area contributed by atoms with Crippen LogP contribution < -0.4 is 0 Å². The molecular formula is C7H4Cl2NO2-. The molecule has 1 aromatic rings. The van der Waals surface area contributed by atoms with Crippen LogP contribution in [0.25, 0.3) is 0 Å². The van der Waals surface area contributed by atoms with E-state index in [9.17, 15) is 10.1 Å². The van der Waals surface area contributed by atoms with E-state index in [-0.39, 0.29) is 10.5 Å². The Morgan fingerprint density at radius 1 is 1.42 bits per heavy atom. The Kier molecular flexibility index (Phi) is 2.78. The standard InChI is InChI=1S/C7H4Cl2NO2/c8-7(9)5-2-1-3-6(4-5)10(11)12/h1-4H/q-1. The Labute approximate surface area is 79.1 Å². The quantitative estimate of drug-likeness (QED) is 0.423. The third kappa shape index (κ3) is 2.03. The second kappa shape index (κ2) is 3.65. The maximum absolute atomic E-state index is 10.3. The van der Waals surface area contributed by atoms with Gasteiger partial charge in [-0.15, -0.1) is 6.07 Å². The van der Waals surface area contributed by atoms with Crippen LogP contribution in [0.3, 0.4) is 0 Å². The fourth-order valence-corrected chi connectivity index (χ4v) is 0.972. The minimum absolute atomic E-state index is 0.0219. The SMILES string of the molecule is O=[N+]([O-])c1cccc([C-](Cl)Cl)c1. The van der Waals surface area contributed by atoms with Gasteiger partial charge in [-0.3, -0.25) is 10.1 Å². The number of nitro groups is 1. The highest BCUT2D eigenvalue weighted by atomic mass is 35.5. The van der Waals surface area contributed by atoms with Crippen LogP contribution in [0.5, 0.6) is 0 Å². The number of rotatable bonds is 2. The molecule has 0 spiro atoms. The molecule has 0 unspecified atom stereocenters. The zero-order chi connectivity index (χ0) is 9.14. The van der Waals surface area contributed by atoms with E-state index in [1.807, 2.05) is 0 Å². The average molecular weight is 205 g/mol.